The third kappa shape index (κ3) is 3.02. The second kappa shape index (κ2) is 6.61. The van der Waals surface area contributed by atoms with Gasteiger partial charge in [-0.1, -0.05) is 0 Å². The van der Waals surface area contributed by atoms with Crippen LogP contribution >= 0.6 is 0 Å². The molecular formula is C17H27N3O3. The van der Waals surface area contributed by atoms with Crippen molar-refractivity contribution < 1.29 is 14.3 Å². The van der Waals surface area contributed by atoms with Gasteiger partial charge in [-0.2, -0.15) is 5.10 Å². The quantitative estimate of drug-likeness (QED) is 0.849. The maximum absolute atomic E-state index is 13.0. The van der Waals surface area contributed by atoms with E-state index in [0.29, 0.717) is 25.4 Å². The molecule has 2 aliphatic rings. The Morgan fingerprint density at radius 2 is 2.39 bits per heavy atom. The first-order valence-corrected chi connectivity index (χ1v) is 8.54. The molecule has 6 nitrogen and oxygen atoms in total. The molecule has 0 N–H and O–H groups in total. The zero-order valence-electron chi connectivity index (χ0n) is 14.4. The summed E-state index contributed by atoms with van der Waals surface area (Å²) in [6, 6.07) is 1.89. The molecule has 1 amide bonds. The topological polar surface area (TPSA) is 56.6 Å². The van der Waals surface area contributed by atoms with Gasteiger partial charge in [0.15, 0.2) is 0 Å². The highest BCUT2D eigenvalue weighted by atomic mass is 16.5. The summed E-state index contributed by atoms with van der Waals surface area (Å²) in [6.45, 7) is 7.56. The third-order valence-corrected chi connectivity index (χ3v) is 5.13. The first-order valence-electron chi connectivity index (χ1n) is 8.54. The van der Waals surface area contributed by atoms with Gasteiger partial charge in [-0.3, -0.25) is 9.48 Å². The number of carbonyl (C=O) groups excluding carboxylic acids is 1. The Bertz CT molecular complexity index is 567. The van der Waals surface area contributed by atoms with Crippen LogP contribution in [0.5, 0.6) is 0 Å². The van der Waals surface area contributed by atoms with Crippen LogP contribution < -0.4 is 0 Å². The van der Waals surface area contributed by atoms with Gasteiger partial charge in [0.2, 0.25) is 0 Å². The van der Waals surface area contributed by atoms with E-state index in [-0.39, 0.29) is 17.4 Å². The number of hydrogen-bond donors (Lipinski definition) is 0. The summed E-state index contributed by atoms with van der Waals surface area (Å²) >= 11 is 0. The summed E-state index contributed by atoms with van der Waals surface area (Å²) in [7, 11) is 1.73. The van der Waals surface area contributed by atoms with E-state index in [1.165, 1.54) is 0 Å². The van der Waals surface area contributed by atoms with Gasteiger partial charge in [-0.05, 0) is 39.2 Å². The minimum atomic E-state index is -0.0625. The van der Waals surface area contributed by atoms with Crippen LogP contribution in [-0.2, 0) is 16.0 Å². The predicted octanol–water partition coefficient (Wildman–Crippen LogP) is 1.87. The van der Waals surface area contributed by atoms with Gasteiger partial charge < -0.3 is 14.4 Å². The Balaban J connectivity index is 1.82. The molecule has 2 saturated heterocycles. The Labute approximate surface area is 137 Å². The molecule has 0 unspecified atom stereocenters. The second-order valence-electron chi connectivity index (χ2n) is 6.76. The molecule has 2 fully saturated rings. The molecule has 0 aromatic carbocycles. The molecule has 0 spiro atoms. The van der Waals surface area contributed by atoms with Crippen molar-refractivity contribution in [3.05, 3.63) is 17.5 Å². The summed E-state index contributed by atoms with van der Waals surface area (Å²) in [5.74, 6) is 0.0759. The zero-order chi connectivity index (χ0) is 16.4. The van der Waals surface area contributed by atoms with E-state index in [2.05, 4.69) is 5.10 Å². The first kappa shape index (κ1) is 16.5. The average molecular weight is 321 g/mol. The minimum absolute atomic E-state index is 0.0625. The van der Waals surface area contributed by atoms with Crippen LogP contribution in [-0.4, -0.2) is 60.1 Å². The van der Waals surface area contributed by atoms with E-state index in [9.17, 15) is 4.79 Å². The van der Waals surface area contributed by atoms with Crippen molar-refractivity contribution >= 4 is 5.91 Å². The number of carbonyl (C=O) groups is 1. The fraction of sp³-hybridized carbons (Fsp3) is 0.765. The molecule has 128 valence electrons. The maximum Gasteiger partial charge on any atom is 0.272 e. The number of fused-ring (bicyclic) bond motifs is 1. The Morgan fingerprint density at radius 1 is 1.57 bits per heavy atom. The molecule has 0 radical (unpaired) electrons. The molecule has 2 atom stereocenters. The first-order chi connectivity index (χ1) is 11.1. The van der Waals surface area contributed by atoms with E-state index < -0.39 is 0 Å². The summed E-state index contributed by atoms with van der Waals surface area (Å²) in [5.41, 5.74) is 1.51. The third-order valence-electron chi connectivity index (χ3n) is 5.13. The van der Waals surface area contributed by atoms with Crippen LogP contribution in [0.4, 0.5) is 0 Å². The summed E-state index contributed by atoms with van der Waals surface area (Å²) < 4.78 is 13.3. The molecule has 3 rings (SSSR count). The Hall–Kier alpha value is -1.40. The molecule has 0 saturated carbocycles. The van der Waals surface area contributed by atoms with Gasteiger partial charge in [0, 0.05) is 38.8 Å². The number of piperidine rings is 1. The van der Waals surface area contributed by atoms with Gasteiger partial charge in [-0.15, -0.1) is 0 Å². The molecule has 3 heterocycles. The standard InChI is InChI=1S/C17H27N3O3/c1-4-20-14(10-13(2)18-20)16(21)19-8-6-15-17(11-19,12-22-3)7-5-9-23-15/h10,15H,4-9,11-12H2,1-3H3/t15-,17-/m1/s1. The van der Waals surface area contributed by atoms with Crippen LogP contribution in [0.15, 0.2) is 6.07 Å². The normalized spacial score (nSPS) is 27.8. The van der Waals surface area contributed by atoms with Crippen LogP contribution in [0.25, 0.3) is 0 Å². The van der Waals surface area contributed by atoms with Crippen molar-refractivity contribution in [2.24, 2.45) is 5.41 Å². The molecular weight excluding hydrogens is 294 g/mol. The maximum atomic E-state index is 13.0. The molecule has 0 bridgehead atoms. The van der Waals surface area contributed by atoms with E-state index in [0.717, 1.165) is 38.1 Å². The number of rotatable bonds is 4. The highest BCUT2D eigenvalue weighted by molar-refractivity contribution is 5.92. The highest BCUT2D eigenvalue weighted by Gasteiger charge is 2.47. The van der Waals surface area contributed by atoms with Gasteiger partial charge in [0.1, 0.15) is 5.69 Å². The number of methoxy groups -OCH3 is 1. The van der Waals surface area contributed by atoms with Gasteiger partial charge in [0.05, 0.1) is 18.4 Å². The number of nitrogens with zero attached hydrogens (tertiary/aromatic N) is 3. The zero-order valence-corrected chi connectivity index (χ0v) is 14.4. The van der Waals surface area contributed by atoms with Crippen LogP contribution in [0.2, 0.25) is 0 Å². The summed E-state index contributed by atoms with van der Waals surface area (Å²) in [4.78, 5) is 15.0. The van der Waals surface area contributed by atoms with Crippen molar-refractivity contribution in [3.8, 4) is 0 Å². The minimum Gasteiger partial charge on any atom is -0.384 e. The summed E-state index contributed by atoms with van der Waals surface area (Å²) in [6.07, 6.45) is 3.18. The Kier molecular flexibility index (Phi) is 4.73. The number of aromatic nitrogens is 2. The van der Waals surface area contributed by atoms with Crippen LogP contribution in [0.1, 0.15) is 42.4 Å². The van der Waals surface area contributed by atoms with Gasteiger partial charge in [0.25, 0.3) is 5.91 Å². The lowest BCUT2D eigenvalue weighted by atomic mass is 9.73. The number of hydrogen-bond acceptors (Lipinski definition) is 4. The van der Waals surface area contributed by atoms with Gasteiger partial charge in [-0.25, -0.2) is 0 Å². The van der Waals surface area contributed by atoms with E-state index in [1.807, 2.05) is 24.8 Å². The lowest BCUT2D eigenvalue weighted by molar-refractivity contribution is -0.142. The SMILES string of the molecule is CCn1nc(C)cc1C(=O)N1CC[C@H]2OCCC[C@]2(COC)C1. The average Bonchev–Trinajstić information content (AvgIpc) is 2.94. The lowest BCUT2D eigenvalue weighted by Gasteiger charge is -2.50. The number of amides is 1. The number of likely N-dealkylation sites (tertiary alicyclic amines) is 1. The molecule has 1 aromatic rings. The highest BCUT2D eigenvalue weighted by Crippen LogP contribution is 2.40. The monoisotopic (exact) mass is 321 g/mol. The van der Waals surface area contributed by atoms with Crippen molar-refractivity contribution in [1.82, 2.24) is 14.7 Å². The fourth-order valence-corrected chi connectivity index (χ4v) is 4.08. The molecule has 0 aliphatic carbocycles. The van der Waals surface area contributed by atoms with Crippen molar-refractivity contribution in [2.45, 2.75) is 45.8 Å². The van der Waals surface area contributed by atoms with Crippen molar-refractivity contribution in [1.29, 1.82) is 0 Å². The second-order valence-corrected chi connectivity index (χ2v) is 6.76. The molecule has 2 aliphatic heterocycles. The fourth-order valence-electron chi connectivity index (χ4n) is 4.08. The van der Waals surface area contributed by atoms with Gasteiger partial charge >= 0.3 is 0 Å². The molecule has 23 heavy (non-hydrogen) atoms. The van der Waals surface area contributed by atoms with Crippen molar-refractivity contribution in [3.63, 3.8) is 0 Å². The van der Waals surface area contributed by atoms with Crippen LogP contribution in [0, 0.1) is 12.3 Å². The molecule has 1 aromatic heterocycles. The summed E-state index contributed by atoms with van der Waals surface area (Å²) in [5, 5.41) is 4.40. The lowest BCUT2D eigenvalue weighted by Crippen LogP contribution is -2.58. The van der Waals surface area contributed by atoms with E-state index in [4.69, 9.17) is 9.47 Å². The van der Waals surface area contributed by atoms with Crippen molar-refractivity contribution in [2.75, 3.05) is 33.4 Å². The smallest absolute Gasteiger partial charge is 0.272 e. The largest absolute Gasteiger partial charge is 0.384 e. The Morgan fingerprint density at radius 3 is 3.13 bits per heavy atom. The van der Waals surface area contributed by atoms with E-state index >= 15 is 0 Å². The number of ether oxygens (including phenoxy) is 2. The number of aryl methyl sites for hydroxylation is 2. The van der Waals surface area contributed by atoms with Crippen LogP contribution in [0.3, 0.4) is 0 Å². The van der Waals surface area contributed by atoms with E-state index in [1.54, 1.807) is 11.8 Å². The predicted molar refractivity (Wildman–Crippen MR) is 86.4 cm³/mol. The molecule has 6 heteroatoms.